The van der Waals surface area contributed by atoms with Gasteiger partial charge >= 0.3 is 0 Å². The summed E-state index contributed by atoms with van der Waals surface area (Å²) in [4.78, 5) is 18.3. The second-order valence-electron chi connectivity index (χ2n) is 5.71. The molecule has 3 aromatic rings. The summed E-state index contributed by atoms with van der Waals surface area (Å²) in [6, 6.07) is 8.53. The number of imidazole rings is 1. The molecule has 0 saturated heterocycles. The molecule has 0 aliphatic rings. The van der Waals surface area contributed by atoms with Crippen molar-refractivity contribution in [2.24, 2.45) is 5.73 Å². The molecule has 130 valence electrons. The normalized spacial score (nSPS) is 11.0. The second-order valence-corrected chi connectivity index (χ2v) is 5.71. The van der Waals surface area contributed by atoms with Crippen molar-refractivity contribution in [3.8, 4) is 0 Å². The van der Waals surface area contributed by atoms with Gasteiger partial charge in [0.15, 0.2) is 11.5 Å². The third-order valence-electron chi connectivity index (χ3n) is 3.96. The van der Waals surface area contributed by atoms with Crippen LogP contribution in [0.4, 0.5) is 10.1 Å². The summed E-state index contributed by atoms with van der Waals surface area (Å²) < 4.78 is 20.8. The summed E-state index contributed by atoms with van der Waals surface area (Å²) >= 11 is 0. The zero-order valence-electron chi connectivity index (χ0n) is 14.1. The molecule has 0 atom stereocenters. The summed E-state index contributed by atoms with van der Waals surface area (Å²) in [5.41, 5.74) is 8.25. The number of nitrogens with zero attached hydrogens (tertiary/aromatic N) is 3. The van der Waals surface area contributed by atoms with E-state index < -0.39 is 5.82 Å². The van der Waals surface area contributed by atoms with Gasteiger partial charge in [-0.3, -0.25) is 4.79 Å². The highest BCUT2D eigenvalue weighted by atomic mass is 19.1. The standard InChI is InChI=1S/C18H19FN4O2/c1-22(15-5-3-12(8-20)4-6-15)18(24)13-7-16(19)17-21-14(11-25-2)10-23(17)9-13/h3-7,9-10H,8,11,20H2,1-2H3. The first-order valence-corrected chi connectivity index (χ1v) is 7.76. The van der Waals surface area contributed by atoms with Crippen molar-refractivity contribution in [1.29, 1.82) is 0 Å². The molecule has 0 aliphatic carbocycles. The van der Waals surface area contributed by atoms with Crippen LogP contribution in [0.15, 0.2) is 42.7 Å². The zero-order valence-corrected chi connectivity index (χ0v) is 14.1. The molecule has 0 unspecified atom stereocenters. The molecule has 0 fully saturated rings. The summed E-state index contributed by atoms with van der Waals surface area (Å²) in [5.74, 6) is -0.872. The number of halogens is 1. The van der Waals surface area contributed by atoms with Crippen LogP contribution in [-0.2, 0) is 17.9 Å². The Morgan fingerprint density at radius 1 is 1.32 bits per heavy atom. The van der Waals surface area contributed by atoms with Crippen molar-refractivity contribution in [3.05, 3.63) is 65.4 Å². The van der Waals surface area contributed by atoms with E-state index in [1.807, 2.05) is 24.3 Å². The number of hydrogen-bond donors (Lipinski definition) is 1. The molecule has 0 spiro atoms. The highest BCUT2D eigenvalue weighted by Crippen LogP contribution is 2.19. The molecular formula is C18H19FN4O2. The van der Waals surface area contributed by atoms with Crippen LogP contribution in [0.1, 0.15) is 21.6 Å². The Morgan fingerprint density at radius 3 is 2.68 bits per heavy atom. The molecule has 0 aliphatic heterocycles. The number of anilines is 1. The summed E-state index contributed by atoms with van der Waals surface area (Å²) in [6.45, 7) is 0.710. The van der Waals surface area contributed by atoms with E-state index in [0.29, 0.717) is 17.9 Å². The van der Waals surface area contributed by atoms with Gasteiger partial charge in [-0.1, -0.05) is 12.1 Å². The number of carbonyl (C=O) groups excluding carboxylic acids is 1. The fourth-order valence-corrected chi connectivity index (χ4v) is 2.61. The van der Waals surface area contributed by atoms with Crippen LogP contribution in [0.3, 0.4) is 0 Å². The van der Waals surface area contributed by atoms with Gasteiger partial charge in [0.2, 0.25) is 0 Å². The first-order chi connectivity index (χ1) is 12.0. The molecule has 0 radical (unpaired) electrons. The Bertz CT molecular complexity index is 905. The molecule has 3 rings (SSSR count). The maximum Gasteiger partial charge on any atom is 0.259 e. The van der Waals surface area contributed by atoms with Crippen molar-refractivity contribution < 1.29 is 13.9 Å². The number of hydrogen-bond acceptors (Lipinski definition) is 4. The number of amides is 1. The molecule has 2 N–H and O–H groups in total. The van der Waals surface area contributed by atoms with Crippen molar-refractivity contribution in [2.75, 3.05) is 19.1 Å². The lowest BCUT2D eigenvalue weighted by molar-refractivity contribution is 0.0992. The molecule has 7 heteroatoms. The van der Waals surface area contributed by atoms with Crippen LogP contribution < -0.4 is 10.6 Å². The van der Waals surface area contributed by atoms with E-state index in [-0.39, 0.29) is 23.7 Å². The number of methoxy groups -OCH3 is 1. The molecule has 1 aromatic carbocycles. The maximum atomic E-state index is 14.3. The van der Waals surface area contributed by atoms with Gasteiger partial charge in [0.05, 0.1) is 17.9 Å². The van der Waals surface area contributed by atoms with Crippen molar-refractivity contribution >= 4 is 17.2 Å². The molecule has 0 saturated carbocycles. The number of nitrogens with two attached hydrogens (primary N) is 1. The summed E-state index contributed by atoms with van der Waals surface area (Å²) in [5, 5.41) is 0. The third-order valence-corrected chi connectivity index (χ3v) is 3.96. The van der Waals surface area contributed by atoms with Crippen LogP contribution in [0, 0.1) is 5.82 Å². The van der Waals surface area contributed by atoms with Gasteiger partial charge in [-0.05, 0) is 23.8 Å². The number of pyridine rings is 1. The molecule has 1 amide bonds. The van der Waals surface area contributed by atoms with Crippen LogP contribution in [0.25, 0.3) is 5.65 Å². The van der Waals surface area contributed by atoms with E-state index in [0.717, 1.165) is 5.56 Å². The minimum atomic E-state index is -0.555. The first kappa shape index (κ1) is 17.1. The third kappa shape index (κ3) is 3.38. The van der Waals surface area contributed by atoms with Gasteiger partial charge < -0.3 is 19.8 Å². The van der Waals surface area contributed by atoms with Gasteiger partial charge in [-0.2, -0.15) is 0 Å². The summed E-state index contributed by atoms with van der Waals surface area (Å²) in [7, 11) is 3.19. The first-order valence-electron chi connectivity index (χ1n) is 7.76. The number of ether oxygens (including phenoxy) is 1. The molecule has 2 heterocycles. The quantitative estimate of drug-likeness (QED) is 0.772. The highest BCUT2D eigenvalue weighted by molar-refractivity contribution is 6.05. The Hall–Kier alpha value is -2.77. The van der Waals surface area contributed by atoms with Gasteiger partial charge in [0.25, 0.3) is 5.91 Å². The van der Waals surface area contributed by atoms with Gasteiger partial charge in [0.1, 0.15) is 0 Å². The monoisotopic (exact) mass is 342 g/mol. The van der Waals surface area contributed by atoms with Gasteiger partial charge in [-0.15, -0.1) is 0 Å². The molecule has 2 aromatic heterocycles. The maximum absolute atomic E-state index is 14.3. The van der Waals surface area contributed by atoms with E-state index in [9.17, 15) is 9.18 Å². The predicted octanol–water partition coefficient (Wildman–Crippen LogP) is 2.36. The van der Waals surface area contributed by atoms with Crippen molar-refractivity contribution in [2.45, 2.75) is 13.2 Å². The molecule has 25 heavy (non-hydrogen) atoms. The van der Waals surface area contributed by atoms with E-state index in [2.05, 4.69) is 4.98 Å². The summed E-state index contributed by atoms with van der Waals surface area (Å²) in [6.07, 6.45) is 3.21. The lowest BCUT2D eigenvalue weighted by atomic mass is 10.2. The topological polar surface area (TPSA) is 72.9 Å². The largest absolute Gasteiger partial charge is 0.378 e. The van der Waals surface area contributed by atoms with Crippen molar-refractivity contribution in [1.82, 2.24) is 9.38 Å². The molecule has 0 bridgehead atoms. The van der Waals surface area contributed by atoms with Crippen LogP contribution in [0.5, 0.6) is 0 Å². The number of aromatic nitrogens is 2. The average molecular weight is 342 g/mol. The van der Waals surface area contributed by atoms with E-state index in [1.165, 1.54) is 15.4 Å². The smallest absolute Gasteiger partial charge is 0.259 e. The molecule has 6 nitrogen and oxygen atoms in total. The van der Waals surface area contributed by atoms with E-state index >= 15 is 0 Å². The van der Waals surface area contributed by atoms with Crippen LogP contribution in [0.2, 0.25) is 0 Å². The van der Waals surface area contributed by atoms with E-state index in [4.69, 9.17) is 10.5 Å². The predicted molar refractivity (Wildman–Crippen MR) is 92.9 cm³/mol. The Balaban J connectivity index is 1.92. The van der Waals surface area contributed by atoms with Crippen LogP contribution >= 0.6 is 0 Å². The average Bonchev–Trinajstić information content (AvgIpc) is 3.04. The van der Waals surface area contributed by atoms with E-state index in [1.54, 1.807) is 26.6 Å². The Kier molecular flexibility index (Phi) is 4.78. The SMILES string of the molecule is COCc1cn2cc(C(=O)N(C)c3ccc(CN)cc3)cc(F)c2n1. The highest BCUT2D eigenvalue weighted by Gasteiger charge is 2.17. The lowest BCUT2D eigenvalue weighted by Crippen LogP contribution is -2.26. The molecular weight excluding hydrogens is 323 g/mol. The van der Waals surface area contributed by atoms with Crippen LogP contribution in [-0.4, -0.2) is 29.4 Å². The Morgan fingerprint density at radius 2 is 2.04 bits per heavy atom. The van der Waals surface area contributed by atoms with Crippen molar-refractivity contribution in [3.63, 3.8) is 0 Å². The second kappa shape index (κ2) is 7.00. The number of benzene rings is 1. The number of rotatable bonds is 5. The number of fused-ring (bicyclic) bond motifs is 1. The lowest BCUT2D eigenvalue weighted by Gasteiger charge is -2.18. The minimum Gasteiger partial charge on any atom is -0.378 e. The zero-order chi connectivity index (χ0) is 18.0. The Labute approximate surface area is 144 Å². The fourth-order valence-electron chi connectivity index (χ4n) is 2.61. The van der Waals surface area contributed by atoms with Gasteiger partial charge in [0, 0.05) is 38.8 Å². The number of carbonyl (C=O) groups is 1. The fraction of sp³-hybridized carbons (Fsp3) is 0.222. The minimum absolute atomic E-state index is 0.165. The van der Waals surface area contributed by atoms with Gasteiger partial charge in [-0.25, -0.2) is 9.37 Å².